The van der Waals surface area contributed by atoms with Crippen molar-refractivity contribution in [1.29, 1.82) is 0 Å². The first-order valence-corrected chi connectivity index (χ1v) is 11.7. The molecule has 0 spiro atoms. The zero-order chi connectivity index (χ0) is 24.0. The topological polar surface area (TPSA) is 80.5 Å². The van der Waals surface area contributed by atoms with E-state index >= 15 is 4.39 Å². The van der Waals surface area contributed by atoms with E-state index in [4.69, 9.17) is 0 Å². The number of imidazole rings is 1. The van der Waals surface area contributed by atoms with E-state index in [9.17, 15) is 26.4 Å². The zero-order valence-corrected chi connectivity index (χ0v) is 18.4. The Morgan fingerprint density at radius 2 is 1.85 bits per heavy atom. The SMILES string of the molecule is Cc1cccc(S(=O)(=O)C2(F)CCC(NC(=O)c3cn4cc(C(F)(F)F)ccc4n3)CC2)c1. The first-order valence-electron chi connectivity index (χ1n) is 10.3. The standard InChI is InChI=1S/C22H21F4N3O3S/c1-14-3-2-4-17(11-14)33(31,32)21(23)9-7-16(8-10-21)27-20(30)18-13-29-12-15(22(24,25)26)5-6-19(29)28-18/h2-6,11-13,16H,7-10H2,1H3,(H,27,30). The van der Waals surface area contributed by atoms with E-state index in [1.807, 2.05) is 0 Å². The normalized spacial score (nSPS) is 21.8. The third kappa shape index (κ3) is 4.46. The van der Waals surface area contributed by atoms with Crippen molar-refractivity contribution in [2.45, 2.75) is 54.7 Å². The molecule has 176 valence electrons. The van der Waals surface area contributed by atoms with Gasteiger partial charge in [-0.2, -0.15) is 13.2 Å². The summed E-state index contributed by atoms with van der Waals surface area (Å²) in [6, 6.07) is 7.63. The summed E-state index contributed by atoms with van der Waals surface area (Å²) in [6.07, 6.45) is -2.88. The largest absolute Gasteiger partial charge is 0.417 e. The summed E-state index contributed by atoms with van der Waals surface area (Å²) in [6.45, 7) is 1.72. The number of carbonyl (C=O) groups is 1. The number of rotatable bonds is 4. The first-order chi connectivity index (χ1) is 15.4. The number of nitrogens with zero attached hydrogens (tertiary/aromatic N) is 2. The fraction of sp³-hybridized carbons (Fsp3) is 0.364. The molecule has 6 nitrogen and oxygen atoms in total. The van der Waals surface area contributed by atoms with Gasteiger partial charge in [0.2, 0.25) is 14.8 Å². The molecule has 11 heteroatoms. The fourth-order valence-corrected chi connectivity index (χ4v) is 5.78. The van der Waals surface area contributed by atoms with Crippen molar-refractivity contribution < 1.29 is 30.8 Å². The average molecular weight is 483 g/mol. The van der Waals surface area contributed by atoms with Gasteiger partial charge in [-0.25, -0.2) is 17.8 Å². The second-order valence-electron chi connectivity index (χ2n) is 8.26. The van der Waals surface area contributed by atoms with Crippen LogP contribution in [0.2, 0.25) is 0 Å². The number of nitrogens with one attached hydrogen (secondary N) is 1. The number of sulfone groups is 1. The Morgan fingerprint density at radius 3 is 2.48 bits per heavy atom. The number of halogens is 4. The number of carbonyl (C=O) groups excluding carboxylic acids is 1. The van der Waals surface area contributed by atoms with E-state index in [-0.39, 0.29) is 41.9 Å². The second-order valence-corrected chi connectivity index (χ2v) is 10.5. The lowest BCUT2D eigenvalue weighted by Gasteiger charge is -2.33. The van der Waals surface area contributed by atoms with Crippen LogP contribution in [0.4, 0.5) is 17.6 Å². The van der Waals surface area contributed by atoms with Crippen molar-refractivity contribution in [1.82, 2.24) is 14.7 Å². The molecular formula is C22H21F4N3O3S. The van der Waals surface area contributed by atoms with Gasteiger partial charge in [-0.15, -0.1) is 0 Å². The first kappa shape index (κ1) is 23.2. The van der Waals surface area contributed by atoms with Crippen LogP contribution in [-0.4, -0.2) is 34.8 Å². The summed E-state index contributed by atoms with van der Waals surface area (Å²) in [4.78, 5) is 16.5. The van der Waals surface area contributed by atoms with E-state index in [2.05, 4.69) is 10.3 Å². The van der Waals surface area contributed by atoms with Crippen LogP contribution in [-0.2, 0) is 16.0 Å². The van der Waals surface area contributed by atoms with Crippen molar-refractivity contribution in [3.63, 3.8) is 0 Å². The van der Waals surface area contributed by atoms with Gasteiger partial charge in [0.1, 0.15) is 11.3 Å². The molecule has 1 N–H and O–H groups in total. The number of hydrogen-bond donors (Lipinski definition) is 1. The minimum Gasteiger partial charge on any atom is -0.348 e. The van der Waals surface area contributed by atoms with Crippen molar-refractivity contribution in [2.75, 3.05) is 0 Å². The van der Waals surface area contributed by atoms with Crippen molar-refractivity contribution >= 4 is 21.4 Å². The predicted octanol–water partition coefficient (Wildman–Crippen LogP) is 4.47. The van der Waals surface area contributed by atoms with Gasteiger partial charge in [0.15, 0.2) is 0 Å². The predicted molar refractivity (Wildman–Crippen MR) is 112 cm³/mol. The number of fused-ring (bicyclic) bond motifs is 1. The van der Waals surface area contributed by atoms with E-state index < -0.39 is 38.5 Å². The summed E-state index contributed by atoms with van der Waals surface area (Å²) in [7, 11) is -4.21. The number of aryl methyl sites for hydroxylation is 1. The molecule has 0 radical (unpaired) electrons. The molecule has 1 saturated carbocycles. The number of hydrogen-bond acceptors (Lipinski definition) is 4. The molecule has 33 heavy (non-hydrogen) atoms. The number of pyridine rings is 1. The Kier molecular flexibility index (Phi) is 5.71. The van der Waals surface area contributed by atoms with Crippen LogP contribution in [0, 0.1) is 6.92 Å². The van der Waals surface area contributed by atoms with Gasteiger partial charge >= 0.3 is 6.18 Å². The van der Waals surface area contributed by atoms with Gasteiger partial charge in [0, 0.05) is 18.4 Å². The molecule has 1 aliphatic carbocycles. The highest BCUT2D eigenvalue weighted by Crippen LogP contribution is 2.40. The minimum absolute atomic E-state index is 0.0737. The molecular weight excluding hydrogens is 462 g/mol. The molecule has 0 saturated heterocycles. The molecule has 0 aliphatic heterocycles. The van der Waals surface area contributed by atoms with Crippen LogP contribution in [0.3, 0.4) is 0 Å². The Morgan fingerprint density at radius 1 is 1.15 bits per heavy atom. The average Bonchev–Trinajstić information content (AvgIpc) is 3.18. The van der Waals surface area contributed by atoms with E-state index in [1.165, 1.54) is 18.3 Å². The number of alkyl halides is 4. The lowest BCUT2D eigenvalue weighted by Crippen LogP contribution is -2.45. The number of amides is 1. The van der Waals surface area contributed by atoms with Crippen LogP contribution >= 0.6 is 0 Å². The Hall–Kier alpha value is -2.95. The second kappa shape index (κ2) is 8.12. The molecule has 4 rings (SSSR count). The molecule has 1 fully saturated rings. The quantitative estimate of drug-likeness (QED) is 0.555. The molecule has 2 heterocycles. The Balaban J connectivity index is 1.44. The molecule has 3 aromatic rings. The lowest BCUT2D eigenvalue weighted by molar-refractivity contribution is -0.137. The highest BCUT2D eigenvalue weighted by atomic mass is 32.2. The minimum atomic E-state index is -4.53. The van der Waals surface area contributed by atoms with Gasteiger partial charge < -0.3 is 9.72 Å². The Bertz CT molecular complexity index is 1310. The maximum atomic E-state index is 15.5. The third-order valence-electron chi connectivity index (χ3n) is 5.86. The summed E-state index contributed by atoms with van der Waals surface area (Å²) in [5, 5.41) is 0.249. The highest BCUT2D eigenvalue weighted by Gasteiger charge is 2.48. The monoisotopic (exact) mass is 483 g/mol. The Labute approximate surface area is 187 Å². The van der Waals surface area contributed by atoms with Gasteiger partial charge in [-0.3, -0.25) is 4.79 Å². The number of aromatic nitrogens is 2. The smallest absolute Gasteiger partial charge is 0.348 e. The molecule has 1 aromatic carbocycles. The summed E-state index contributed by atoms with van der Waals surface area (Å²) < 4.78 is 80.9. The van der Waals surface area contributed by atoms with Gasteiger partial charge in [-0.05, 0) is 62.4 Å². The maximum Gasteiger partial charge on any atom is 0.417 e. The number of benzene rings is 1. The summed E-state index contributed by atoms with van der Waals surface area (Å²) in [5.41, 5.74) is -0.0845. The van der Waals surface area contributed by atoms with Crippen LogP contribution < -0.4 is 5.32 Å². The molecule has 0 atom stereocenters. The van der Waals surface area contributed by atoms with E-state index in [0.717, 1.165) is 22.7 Å². The molecule has 0 unspecified atom stereocenters. The van der Waals surface area contributed by atoms with Crippen molar-refractivity contribution in [3.05, 3.63) is 65.6 Å². The van der Waals surface area contributed by atoms with Crippen LogP contribution in [0.5, 0.6) is 0 Å². The molecule has 0 bridgehead atoms. The molecule has 2 aromatic heterocycles. The molecule has 1 aliphatic rings. The van der Waals surface area contributed by atoms with E-state index in [1.54, 1.807) is 19.1 Å². The van der Waals surface area contributed by atoms with Crippen molar-refractivity contribution in [3.8, 4) is 0 Å². The maximum absolute atomic E-state index is 15.5. The van der Waals surface area contributed by atoms with Gasteiger partial charge in [0.05, 0.1) is 10.5 Å². The van der Waals surface area contributed by atoms with Gasteiger partial charge in [-0.1, -0.05) is 12.1 Å². The van der Waals surface area contributed by atoms with Gasteiger partial charge in [0.25, 0.3) is 5.91 Å². The highest BCUT2D eigenvalue weighted by molar-refractivity contribution is 7.92. The fourth-order valence-electron chi connectivity index (χ4n) is 3.98. The van der Waals surface area contributed by atoms with E-state index in [0.29, 0.717) is 5.56 Å². The van der Waals surface area contributed by atoms with Crippen LogP contribution in [0.25, 0.3) is 5.65 Å². The molecule has 1 amide bonds. The lowest BCUT2D eigenvalue weighted by atomic mass is 9.93. The summed E-state index contributed by atoms with van der Waals surface area (Å²) >= 11 is 0. The van der Waals surface area contributed by atoms with Crippen LogP contribution in [0.15, 0.2) is 53.7 Å². The zero-order valence-electron chi connectivity index (χ0n) is 17.6. The van der Waals surface area contributed by atoms with Crippen molar-refractivity contribution in [2.24, 2.45) is 0 Å². The van der Waals surface area contributed by atoms with Crippen LogP contribution in [0.1, 0.15) is 47.3 Å². The third-order valence-corrected chi connectivity index (χ3v) is 8.11. The summed E-state index contributed by atoms with van der Waals surface area (Å²) in [5.74, 6) is -0.620.